The molecule has 2 heterocycles. The van der Waals surface area contributed by atoms with Crippen LogP contribution in [0.25, 0.3) is 0 Å². The first kappa shape index (κ1) is 20.3. The Morgan fingerprint density at radius 3 is 2.83 bits per heavy atom. The van der Waals surface area contributed by atoms with Gasteiger partial charge < -0.3 is 14.7 Å². The number of carbonyl (C=O) groups excluding carboxylic acids is 1. The molecule has 1 aromatic heterocycles. The van der Waals surface area contributed by atoms with Gasteiger partial charge in [-0.2, -0.15) is 4.98 Å². The van der Waals surface area contributed by atoms with Crippen LogP contribution in [0.2, 0.25) is 0 Å². The molecule has 1 aromatic rings. The molecule has 2 rings (SSSR count). The molecule has 1 amide bonds. The molecule has 0 radical (unpaired) electrons. The second-order valence-electron chi connectivity index (χ2n) is 7.06. The molecular formula is C15H27ClN4O2S. The number of halogens is 1. The molecule has 1 saturated heterocycles. The molecule has 2 unspecified atom stereocenters. The number of nitrogens with one attached hydrogen (secondary N) is 1. The van der Waals surface area contributed by atoms with E-state index in [1.807, 2.05) is 11.9 Å². The highest BCUT2D eigenvalue weighted by Crippen LogP contribution is 2.34. The maximum Gasteiger partial charge on any atom is 0.250 e. The van der Waals surface area contributed by atoms with Gasteiger partial charge in [0.25, 0.3) is 0 Å². The van der Waals surface area contributed by atoms with Crippen LogP contribution in [-0.4, -0.2) is 45.7 Å². The SMILES string of the molecule is CNC(C)Cc1noc(C2CSCN2C(=O)CC(C)(C)C)n1.Cl. The smallest absolute Gasteiger partial charge is 0.250 e. The number of likely N-dealkylation sites (N-methyl/N-ethyl adjacent to an activating group) is 1. The Bertz CT molecular complexity index is 518. The van der Waals surface area contributed by atoms with Crippen molar-refractivity contribution < 1.29 is 9.32 Å². The third kappa shape index (κ3) is 5.65. The highest BCUT2D eigenvalue weighted by atomic mass is 35.5. The minimum Gasteiger partial charge on any atom is -0.337 e. The van der Waals surface area contributed by atoms with E-state index in [4.69, 9.17) is 4.52 Å². The molecule has 0 saturated carbocycles. The Morgan fingerprint density at radius 1 is 1.52 bits per heavy atom. The zero-order valence-electron chi connectivity index (χ0n) is 14.5. The van der Waals surface area contributed by atoms with Crippen LogP contribution in [-0.2, 0) is 11.2 Å². The Morgan fingerprint density at radius 2 is 2.22 bits per heavy atom. The molecule has 0 bridgehead atoms. The van der Waals surface area contributed by atoms with Crippen LogP contribution in [0.5, 0.6) is 0 Å². The summed E-state index contributed by atoms with van der Waals surface area (Å²) in [4.78, 5) is 18.8. The summed E-state index contributed by atoms with van der Waals surface area (Å²) < 4.78 is 5.41. The highest BCUT2D eigenvalue weighted by molar-refractivity contribution is 7.99. The van der Waals surface area contributed by atoms with E-state index in [9.17, 15) is 4.79 Å². The number of thioether (sulfide) groups is 1. The highest BCUT2D eigenvalue weighted by Gasteiger charge is 2.35. The van der Waals surface area contributed by atoms with Crippen LogP contribution in [0.15, 0.2) is 4.52 Å². The summed E-state index contributed by atoms with van der Waals surface area (Å²) in [5.74, 6) is 2.93. The summed E-state index contributed by atoms with van der Waals surface area (Å²) in [5.41, 5.74) is -0.0167. The molecule has 8 heteroatoms. The van der Waals surface area contributed by atoms with Crippen molar-refractivity contribution in [2.45, 2.75) is 52.6 Å². The van der Waals surface area contributed by atoms with Gasteiger partial charge in [-0.05, 0) is 19.4 Å². The van der Waals surface area contributed by atoms with E-state index in [1.165, 1.54) is 0 Å². The lowest BCUT2D eigenvalue weighted by Crippen LogP contribution is -2.33. The van der Waals surface area contributed by atoms with E-state index in [0.717, 1.165) is 12.2 Å². The average Bonchev–Trinajstić information content (AvgIpc) is 3.04. The number of nitrogens with zero attached hydrogens (tertiary/aromatic N) is 3. The second kappa shape index (κ2) is 8.35. The van der Waals surface area contributed by atoms with Crippen LogP contribution in [0, 0.1) is 5.41 Å². The van der Waals surface area contributed by atoms with Gasteiger partial charge in [-0.3, -0.25) is 4.79 Å². The molecule has 0 spiro atoms. The third-order valence-electron chi connectivity index (χ3n) is 3.63. The first-order valence-electron chi connectivity index (χ1n) is 7.67. The number of amides is 1. The zero-order chi connectivity index (χ0) is 16.3. The zero-order valence-corrected chi connectivity index (χ0v) is 16.1. The predicted octanol–water partition coefficient (Wildman–Crippen LogP) is 2.65. The van der Waals surface area contributed by atoms with Crippen LogP contribution >= 0.6 is 24.2 Å². The molecule has 23 heavy (non-hydrogen) atoms. The first-order valence-corrected chi connectivity index (χ1v) is 8.82. The third-order valence-corrected chi connectivity index (χ3v) is 4.65. The Balaban J connectivity index is 0.00000264. The van der Waals surface area contributed by atoms with Crippen molar-refractivity contribution in [3.8, 4) is 0 Å². The van der Waals surface area contributed by atoms with Crippen molar-refractivity contribution in [2.24, 2.45) is 5.41 Å². The quantitative estimate of drug-likeness (QED) is 0.868. The van der Waals surface area contributed by atoms with Crippen molar-refractivity contribution in [2.75, 3.05) is 18.7 Å². The van der Waals surface area contributed by atoms with E-state index in [1.54, 1.807) is 11.8 Å². The van der Waals surface area contributed by atoms with Crippen LogP contribution in [0.1, 0.15) is 51.9 Å². The Hall–Kier alpha value is -0.790. The van der Waals surface area contributed by atoms with Gasteiger partial charge in [0.2, 0.25) is 11.8 Å². The number of hydrogen-bond acceptors (Lipinski definition) is 6. The average molecular weight is 363 g/mol. The van der Waals surface area contributed by atoms with Gasteiger partial charge >= 0.3 is 0 Å². The molecule has 0 aliphatic carbocycles. The molecule has 6 nitrogen and oxygen atoms in total. The molecule has 0 aromatic carbocycles. The second-order valence-corrected chi connectivity index (χ2v) is 8.06. The van der Waals surface area contributed by atoms with E-state index < -0.39 is 0 Å². The summed E-state index contributed by atoms with van der Waals surface area (Å²) in [6.45, 7) is 8.30. The van der Waals surface area contributed by atoms with Gasteiger partial charge in [0.05, 0.1) is 5.88 Å². The lowest BCUT2D eigenvalue weighted by Gasteiger charge is -2.25. The number of carbonyl (C=O) groups is 1. The lowest BCUT2D eigenvalue weighted by molar-refractivity contribution is -0.134. The van der Waals surface area contributed by atoms with Crippen molar-refractivity contribution in [3.05, 3.63) is 11.7 Å². The number of aromatic nitrogens is 2. The summed E-state index contributed by atoms with van der Waals surface area (Å²) in [7, 11) is 1.91. The molecule has 132 valence electrons. The summed E-state index contributed by atoms with van der Waals surface area (Å²) in [6.07, 6.45) is 1.25. The van der Waals surface area contributed by atoms with Gasteiger partial charge in [0.15, 0.2) is 5.82 Å². The van der Waals surface area contributed by atoms with Crippen LogP contribution < -0.4 is 5.32 Å². The molecule has 2 atom stereocenters. The van der Waals surface area contributed by atoms with Gasteiger partial charge in [0.1, 0.15) is 6.04 Å². The molecule has 1 fully saturated rings. The fourth-order valence-corrected chi connectivity index (χ4v) is 3.48. The standard InChI is InChI=1S/C15H26N4O2S.ClH/c1-10(16-5)6-12-17-14(21-18-12)11-8-22-9-19(11)13(20)7-15(2,3)4;/h10-11,16H,6-9H2,1-5H3;1H. The maximum atomic E-state index is 12.5. The first-order chi connectivity index (χ1) is 10.3. The largest absolute Gasteiger partial charge is 0.337 e. The summed E-state index contributed by atoms with van der Waals surface area (Å²) in [6, 6.07) is 0.202. The van der Waals surface area contributed by atoms with Crippen LogP contribution in [0.3, 0.4) is 0 Å². The molecule has 1 N–H and O–H groups in total. The van der Waals surface area contributed by atoms with E-state index in [0.29, 0.717) is 30.1 Å². The van der Waals surface area contributed by atoms with Crippen LogP contribution in [0.4, 0.5) is 0 Å². The van der Waals surface area contributed by atoms with Gasteiger partial charge in [0, 0.05) is 24.6 Å². The summed E-state index contributed by atoms with van der Waals surface area (Å²) >= 11 is 1.73. The number of rotatable bonds is 5. The van der Waals surface area contributed by atoms with Crippen molar-refractivity contribution in [3.63, 3.8) is 0 Å². The van der Waals surface area contributed by atoms with E-state index >= 15 is 0 Å². The summed E-state index contributed by atoms with van der Waals surface area (Å²) in [5, 5.41) is 7.20. The normalized spacial score (nSPS) is 19.5. The van der Waals surface area contributed by atoms with Crippen molar-refractivity contribution >= 4 is 30.1 Å². The fourth-order valence-electron chi connectivity index (χ4n) is 2.31. The molecule has 1 aliphatic heterocycles. The van der Waals surface area contributed by atoms with Crippen molar-refractivity contribution in [1.29, 1.82) is 0 Å². The lowest BCUT2D eigenvalue weighted by atomic mass is 9.91. The van der Waals surface area contributed by atoms with Gasteiger partial charge in [-0.1, -0.05) is 25.9 Å². The predicted molar refractivity (Wildman–Crippen MR) is 94.8 cm³/mol. The molecule has 1 aliphatic rings. The number of hydrogen-bond donors (Lipinski definition) is 1. The fraction of sp³-hybridized carbons (Fsp3) is 0.800. The van der Waals surface area contributed by atoms with Crippen molar-refractivity contribution in [1.82, 2.24) is 20.4 Å². The molecular weight excluding hydrogens is 336 g/mol. The van der Waals surface area contributed by atoms with E-state index in [-0.39, 0.29) is 29.8 Å². The minimum atomic E-state index is -0.0917. The minimum absolute atomic E-state index is 0. The van der Waals surface area contributed by atoms with Gasteiger partial charge in [-0.25, -0.2) is 0 Å². The monoisotopic (exact) mass is 362 g/mol. The van der Waals surface area contributed by atoms with E-state index in [2.05, 4.69) is 43.2 Å². The topological polar surface area (TPSA) is 71.3 Å². The maximum absolute atomic E-state index is 12.5. The Labute approximate surface area is 148 Å². The Kier molecular flexibility index (Phi) is 7.35. The van der Waals surface area contributed by atoms with Gasteiger partial charge in [-0.15, -0.1) is 24.2 Å².